The first-order valence-electron chi connectivity index (χ1n) is 18.7. The zero-order valence-electron chi connectivity index (χ0n) is 29.4. The fourth-order valence-electron chi connectivity index (χ4n) is 9.50. The fourth-order valence-corrected chi connectivity index (χ4v) is 10.6. The molecule has 5 heterocycles. The van der Waals surface area contributed by atoms with Gasteiger partial charge >= 0.3 is 0 Å². The Kier molecular flexibility index (Phi) is 5.74. The molecule has 0 N–H and O–H groups in total. The third-order valence-corrected chi connectivity index (χ3v) is 12.7. The van der Waals surface area contributed by atoms with Gasteiger partial charge in [-0.2, -0.15) is 0 Å². The minimum absolute atomic E-state index is 0.717. The van der Waals surface area contributed by atoms with Crippen LogP contribution in [0.15, 0.2) is 170 Å². The Morgan fingerprint density at radius 1 is 0.400 bits per heavy atom. The average molecular weight is 717 g/mol. The highest BCUT2D eigenvalue weighted by molar-refractivity contribution is 7.25. The molecule has 13 aromatic rings. The Labute approximate surface area is 318 Å². The van der Waals surface area contributed by atoms with Crippen molar-refractivity contribution in [1.29, 1.82) is 0 Å². The molecule has 0 aliphatic heterocycles. The summed E-state index contributed by atoms with van der Waals surface area (Å²) in [5, 5.41) is 12.4. The van der Waals surface area contributed by atoms with Crippen LogP contribution in [0.3, 0.4) is 0 Å². The molecule has 0 saturated heterocycles. The number of para-hydroxylation sites is 4. The van der Waals surface area contributed by atoms with E-state index in [1.807, 2.05) is 0 Å². The van der Waals surface area contributed by atoms with Crippen molar-refractivity contribution in [2.75, 3.05) is 0 Å². The van der Waals surface area contributed by atoms with Gasteiger partial charge in [0.05, 0.1) is 39.0 Å². The van der Waals surface area contributed by atoms with Gasteiger partial charge < -0.3 is 8.97 Å². The molecule has 0 aliphatic rings. The molecule has 0 fully saturated rings. The van der Waals surface area contributed by atoms with E-state index in [-0.39, 0.29) is 0 Å². The van der Waals surface area contributed by atoms with E-state index < -0.39 is 0 Å². The molecule has 5 aromatic heterocycles. The summed E-state index contributed by atoms with van der Waals surface area (Å²) in [6.07, 6.45) is 0. The second kappa shape index (κ2) is 10.8. The SMILES string of the molecule is c1ccc(-c2nc(-c3ccccc3-n3c4ccccc4c4c5ccccc5c5c6cccc7c8ccccc8n(c76)c5c43)nc3sc4ccccc4c23)cc1. The number of hydrogen-bond donors (Lipinski definition) is 0. The summed E-state index contributed by atoms with van der Waals surface area (Å²) in [7, 11) is 0. The Balaban J connectivity index is 1.24. The van der Waals surface area contributed by atoms with Gasteiger partial charge in [-0.1, -0.05) is 140 Å². The number of rotatable bonds is 3. The van der Waals surface area contributed by atoms with Gasteiger partial charge in [0.15, 0.2) is 5.82 Å². The van der Waals surface area contributed by atoms with Crippen molar-refractivity contribution < 1.29 is 0 Å². The second-order valence-electron chi connectivity index (χ2n) is 14.5. The van der Waals surface area contributed by atoms with E-state index in [1.54, 1.807) is 11.3 Å². The number of hydrogen-bond acceptors (Lipinski definition) is 3. The van der Waals surface area contributed by atoms with Crippen LogP contribution in [0.25, 0.3) is 119 Å². The third-order valence-electron chi connectivity index (χ3n) is 11.7. The predicted octanol–water partition coefficient (Wildman–Crippen LogP) is 13.6. The van der Waals surface area contributed by atoms with Crippen LogP contribution in [0.1, 0.15) is 0 Å². The number of nitrogens with zero attached hydrogens (tertiary/aromatic N) is 4. The Morgan fingerprint density at radius 3 is 1.85 bits per heavy atom. The van der Waals surface area contributed by atoms with Crippen molar-refractivity contribution in [2.24, 2.45) is 0 Å². The molecule has 13 rings (SSSR count). The van der Waals surface area contributed by atoms with Gasteiger partial charge in [-0.15, -0.1) is 11.3 Å². The van der Waals surface area contributed by atoms with Crippen LogP contribution >= 0.6 is 11.3 Å². The van der Waals surface area contributed by atoms with Crippen molar-refractivity contribution in [3.63, 3.8) is 0 Å². The molecule has 0 aliphatic carbocycles. The predicted molar refractivity (Wildman–Crippen MR) is 232 cm³/mol. The molecule has 8 aromatic carbocycles. The summed E-state index contributed by atoms with van der Waals surface area (Å²) in [6, 6.07) is 61.4. The van der Waals surface area contributed by atoms with Crippen molar-refractivity contribution in [3.8, 4) is 28.3 Å². The van der Waals surface area contributed by atoms with Crippen LogP contribution < -0.4 is 0 Å². The maximum Gasteiger partial charge on any atom is 0.163 e. The molecule has 0 amide bonds. The maximum atomic E-state index is 5.49. The van der Waals surface area contributed by atoms with E-state index in [0.29, 0.717) is 5.82 Å². The van der Waals surface area contributed by atoms with E-state index in [1.165, 1.54) is 75.2 Å². The minimum atomic E-state index is 0.717. The Bertz CT molecular complexity index is 3710. The largest absolute Gasteiger partial charge is 0.306 e. The maximum absolute atomic E-state index is 5.49. The number of aromatic nitrogens is 4. The Morgan fingerprint density at radius 2 is 1.02 bits per heavy atom. The van der Waals surface area contributed by atoms with Gasteiger partial charge in [0, 0.05) is 58.9 Å². The summed E-state index contributed by atoms with van der Waals surface area (Å²) >= 11 is 1.74. The first-order valence-corrected chi connectivity index (χ1v) is 19.5. The fraction of sp³-hybridized carbons (Fsp3) is 0. The third kappa shape index (κ3) is 3.80. The van der Waals surface area contributed by atoms with Crippen molar-refractivity contribution in [3.05, 3.63) is 170 Å². The lowest BCUT2D eigenvalue weighted by atomic mass is 9.98. The van der Waals surface area contributed by atoms with E-state index in [0.717, 1.165) is 38.2 Å². The highest BCUT2D eigenvalue weighted by atomic mass is 32.1. The standard InChI is InChI=1S/C50H28N4S/c1-2-15-29(16-3-1)45-44-36-22-9-13-28-41(36)55-50(44)52-49(51-45)35-21-8-12-27-40(35)53-39-26-11-7-20-34(39)42-31-18-4-5-19-32(31)43-37-24-14-23-33-30-17-6-10-25-38(30)54(46(33)37)48(43)47(42)53/h1-28H. The first-order chi connectivity index (χ1) is 27.3. The zero-order chi connectivity index (χ0) is 35.8. The average Bonchev–Trinajstić information content (AvgIpc) is 4.00. The molecule has 0 atom stereocenters. The van der Waals surface area contributed by atoms with Crippen LogP contribution in [0.2, 0.25) is 0 Å². The van der Waals surface area contributed by atoms with Crippen LogP contribution in [-0.2, 0) is 0 Å². The van der Waals surface area contributed by atoms with Gasteiger partial charge in [-0.05, 0) is 41.1 Å². The molecule has 0 spiro atoms. The zero-order valence-corrected chi connectivity index (χ0v) is 30.2. The van der Waals surface area contributed by atoms with Crippen molar-refractivity contribution in [2.45, 2.75) is 0 Å². The molecular weight excluding hydrogens is 689 g/mol. The number of thiophene rings is 1. The number of fused-ring (bicyclic) bond motifs is 16. The lowest BCUT2D eigenvalue weighted by Gasteiger charge is -2.15. The second-order valence-corrected chi connectivity index (χ2v) is 15.5. The monoisotopic (exact) mass is 716 g/mol. The minimum Gasteiger partial charge on any atom is -0.306 e. The van der Waals surface area contributed by atoms with Gasteiger partial charge in [-0.25, -0.2) is 9.97 Å². The summed E-state index contributed by atoms with van der Waals surface area (Å²) in [4.78, 5) is 11.9. The van der Waals surface area contributed by atoms with E-state index >= 15 is 0 Å². The molecule has 5 heteroatoms. The highest BCUT2D eigenvalue weighted by Gasteiger charge is 2.27. The van der Waals surface area contributed by atoms with Gasteiger partial charge in [-0.3, -0.25) is 0 Å². The highest BCUT2D eigenvalue weighted by Crippen LogP contribution is 2.49. The summed E-state index contributed by atoms with van der Waals surface area (Å²) < 4.78 is 6.25. The van der Waals surface area contributed by atoms with Crippen LogP contribution in [-0.4, -0.2) is 18.9 Å². The summed E-state index contributed by atoms with van der Waals surface area (Å²) in [5.74, 6) is 0.717. The normalized spacial score (nSPS) is 12.4. The summed E-state index contributed by atoms with van der Waals surface area (Å²) in [5.41, 5.74) is 10.1. The van der Waals surface area contributed by atoms with Gasteiger partial charge in [0.25, 0.3) is 0 Å². The van der Waals surface area contributed by atoms with Crippen molar-refractivity contribution in [1.82, 2.24) is 18.9 Å². The molecular formula is C50H28N4S. The van der Waals surface area contributed by atoms with Gasteiger partial charge in [0.2, 0.25) is 0 Å². The van der Waals surface area contributed by atoms with E-state index in [2.05, 4.69) is 179 Å². The quantitative estimate of drug-likeness (QED) is 0.182. The summed E-state index contributed by atoms with van der Waals surface area (Å²) in [6.45, 7) is 0. The van der Waals surface area contributed by atoms with Crippen molar-refractivity contribution >= 4 is 102 Å². The van der Waals surface area contributed by atoms with E-state index in [4.69, 9.17) is 9.97 Å². The smallest absolute Gasteiger partial charge is 0.163 e. The molecule has 0 radical (unpaired) electrons. The van der Waals surface area contributed by atoms with E-state index in [9.17, 15) is 0 Å². The van der Waals surface area contributed by atoms with Crippen LogP contribution in [0, 0.1) is 0 Å². The lowest BCUT2D eigenvalue weighted by Crippen LogP contribution is -2.01. The molecule has 0 bridgehead atoms. The molecule has 0 unspecified atom stereocenters. The number of benzene rings is 8. The Hall–Kier alpha value is -7.08. The van der Waals surface area contributed by atoms with Crippen LogP contribution in [0.5, 0.6) is 0 Å². The molecule has 0 saturated carbocycles. The molecule has 4 nitrogen and oxygen atoms in total. The van der Waals surface area contributed by atoms with Crippen LogP contribution in [0.4, 0.5) is 0 Å². The lowest BCUT2D eigenvalue weighted by molar-refractivity contribution is 1.16. The topological polar surface area (TPSA) is 35.1 Å². The first kappa shape index (κ1) is 29.4. The molecule has 254 valence electrons. The molecule has 55 heavy (non-hydrogen) atoms. The van der Waals surface area contributed by atoms with Gasteiger partial charge in [0.1, 0.15) is 4.83 Å².